The van der Waals surface area contributed by atoms with E-state index in [-0.39, 0.29) is 25.2 Å². The quantitative estimate of drug-likeness (QED) is 0.0624. The predicted octanol–water partition coefficient (Wildman–Crippen LogP) is 4.59. The van der Waals surface area contributed by atoms with Gasteiger partial charge in [0, 0.05) is 12.8 Å². The van der Waals surface area contributed by atoms with E-state index in [1.54, 1.807) is 0 Å². The van der Waals surface area contributed by atoms with E-state index in [1.165, 1.54) is 19.3 Å². The van der Waals surface area contributed by atoms with Gasteiger partial charge in [-0.3, -0.25) is 9.59 Å². The molecule has 0 rings (SSSR count). The van der Waals surface area contributed by atoms with Crippen molar-refractivity contribution in [2.45, 2.75) is 84.5 Å². The van der Waals surface area contributed by atoms with Crippen LogP contribution >= 0.6 is 0 Å². The summed E-state index contributed by atoms with van der Waals surface area (Å²) in [5.74, 6) is -0.306. The summed E-state index contributed by atoms with van der Waals surface area (Å²) in [6.45, 7) is 15.3. The van der Waals surface area contributed by atoms with Crippen LogP contribution in [0.2, 0.25) is 0 Å². The molecule has 0 heterocycles. The molecule has 0 atom stereocenters. The second-order valence-corrected chi connectivity index (χ2v) is 12.2. The lowest BCUT2D eigenvalue weighted by molar-refractivity contribution is -0.146. The third-order valence-electron chi connectivity index (χ3n) is 7.42. The van der Waals surface area contributed by atoms with Crippen molar-refractivity contribution >= 4 is 11.9 Å². The Morgan fingerprint density at radius 2 is 0.444 bits per heavy atom. The highest BCUT2D eigenvalue weighted by Crippen LogP contribution is 2.06. The highest BCUT2D eigenvalue weighted by atomic mass is 16.6. The number of unbranched alkanes of at least 4 members (excludes halogenated alkanes) is 7. The smallest absolute Gasteiger partial charge is 0.305 e. The molecule has 0 radical (unpaired) electrons. The molecule has 0 N–H and O–H groups in total. The van der Waals surface area contributed by atoms with Gasteiger partial charge in [-0.1, -0.05) is 58.8 Å². The lowest BCUT2D eigenvalue weighted by Gasteiger charge is -2.09. The summed E-state index contributed by atoms with van der Waals surface area (Å²) in [6, 6.07) is 0. The molecule has 0 saturated carbocycles. The van der Waals surface area contributed by atoms with Crippen LogP contribution in [-0.2, 0) is 71.2 Å². The van der Waals surface area contributed by atoms with Crippen LogP contribution in [0.25, 0.3) is 0 Å². The first-order chi connectivity index (χ1) is 26.7. The van der Waals surface area contributed by atoms with Crippen molar-refractivity contribution in [1.82, 2.24) is 0 Å². The first-order valence-electron chi connectivity index (χ1n) is 20.4. The van der Waals surface area contributed by atoms with Crippen molar-refractivity contribution in [2.24, 2.45) is 0 Å². The maximum atomic E-state index is 11.6. The molecular weight excluding hydrogens is 708 g/mol. The zero-order valence-corrected chi connectivity index (χ0v) is 33.9. The molecular formula is C39H76O15. The average molecular weight is 785 g/mol. The van der Waals surface area contributed by atoms with E-state index in [0.717, 1.165) is 38.5 Å². The molecule has 0 unspecified atom stereocenters. The standard InChI is InChI=1S/C39H76O15/c1-3-5-7-9-11-13-39(41)54-37-35-52-33-31-50-29-27-48-25-23-46-21-19-44-17-15-42-14-16-43-18-20-45-22-24-47-26-28-49-30-32-51-34-36-53-38(40)12-10-8-6-4-2/h3-37H2,1-2H3. The van der Waals surface area contributed by atoms with Gasteiger partial charge in [-0.05, 0) is 12.8 Å². The van der Waals surface area contributed by atoms with E-state index in [4.69, 9.17) is 61.6 Å². The molecule has 0 spiro atoms. The molecule has 0 aromatic rings. The van der Waals surface area contributed by atoms with Crippen LogP contribution in [0.15, 0.2) is 0 Å². The molecule has 0 aromatic heterocycles. The number of hydrogen-bond acceptors (Lipinski definition) is 15. The van der Waals surface area contributed by atoms with E-state index < -0.39 is 0 Å². The minimum Gasteiger partial charge on any atom is -0.463 e. The van der Waals surface area contributed by atoms with Gasteiger partial charge in [0.15, 0.2) is 0 Å². The molecule has 0 aliphatic heterocycles. The lowest BCUT2D eigenvalue weighted by Crippen LogP contribution is -2.16. The van der Waals surface area contributed by atoms with E-state index in [2.05, 4.69) is 13.8 Å². The number of rotatable bonds is 47. The van der Waals surface area contributed by atoms with Crippen molar-refractivity contribution in [1.29, 1.82) is 0 Å². The summed E-state index contributed by atoms with van der Waals surface area (Å²) >= 11 is 0. The molecule has 0 fully saturated rings. The lowest BCUT2D eigenvalue weighted by atomic mass is 10.1. The summed E-state index contributed by atoms with van der Waals surface area (Å²) in [6.07, 6.45) is 10.8. The normalized spacial score (nSPS) is 11.4. The Bertz CT molecular complexity index is 747. The van der Waals surface area contributed by atoms with Gasteiger partial charge in [0.2, 0.25) is 0 Å². The molecule has 0 aromatic carbocycles. The first-order valence-corrected chi connectivity index (χ1v) is 20.4. The summed E-state index contributed by atoms with van der Waals surface area (Å²) in [5.41, 5.74) is 0. The van der Waals surface area contributed by atoms with Crippen LogP contribution in [0, 0.1) is 0 Å². The third-order valence-corrected chi connectivity index (χ3v) is 7.42. The largest absolute Gasteiger partial charge is 0.463 e. The summed E-state index contributed by atoms with van der Waals surface area (Å²) in [5, 5.41) is 0. The van der Waals surface area contributed by atoms with Crippen molar-refractivity contribution in [2.75, 3.05) is 159 Å². The van der Waals surface area contributed by atoms with E-state index in [0.29, 0.717) is 158 Å². The van der Waals surface area contributed by atoms with E-state index >= 15 is 0 Å². The minimum absolute atomic E-state index is 0.150. The topological polar surface area (TPSA) is 154 Å². The Kier molecular flexibility index (Phi) is 46.3. The Morgan fingerprint density at radius 3 is 0.667 bits per heavy atom. The molecule has 15 nitrogen and oxygen atoms in total. The van der Waals surface area contributed by atoms with E-state index in [9.17, 15) is 9.59 Å². The fourth-order valence-electron chi connectivity index (χ4n) is 4.44. The zero-order chi connectivity index (χ0) is 39.1. The van der Waals surface area contributed by atoms with Gasteiger partial charge in [0.05, 0.1) is 145 Å². The third kappa shape index (κ3) is 46.7. The zero-order valence-electron chi connectivity index (χ0n) is 33.9. The number of carbonyl (C=O) groups is 2. The second-order valence-electron chi connectivity index (χ2n) is 12.2. The van der Waals surface area contributed by atoms with Crippen molar-refractivity contribution in [3.8, 4) is 0 Å². The highest BCUT2D eigenvalue weighted by molar-refractivity contribution is 5.69. The summed E-state index contributed by atoms with van der Waals surface area (Å²) in [4.78, 5) is 23.2. The Morgan fingerprint density at radius 1 is 0.259 bits per heavy atom. The summed E-state index contributed by atoms with van der Waals surface area (Å²) in [7, 11) is 0. The monoisotopic (exact) mass is 785 g/mol. The minimum atomic E-state index is -0.155. The van der Waals surface area contributed by atoms with Crippen molar-refractivity contribution in [3.63, 3.8) is 0 Å². The second kappa shape index (κ2) is 47.7. The fraction of sp³-hybridized carbons (Fsp3) is 0.949. The SMILES string of the molecule is CCCCCCCC(=O)OCCOCCOCCOCCOCCOCCOCCOCCOCCOCCOCCOCCOC(=O)CCCCCC. The Hall–Kier alpha value is -1.50. The fourth-order valence-corrected chi connectivity index (χ4v) is 4.44. The van der Waals surface area contributed by atoms with Gasteiger partial charge in [0.25, 0.3) is 0 Å². The van der Waals surface area contributed by atoms with Gasteiger partial charge in [0.1, 0.15) is 13.2 Å². The van der Waals surface area contributed by atoms with Crippen LogP contribution in [0.3, 0.4) is 0 Å². The highest BCUT2D eigenvalue weighted by Gasteiger charge is 2.04. The van der Waals surface area contributed by atoms with Gasteiger partial charge >= 0.3 is 11.9 Å². The number of hydrogen-bond donors (Lipinski definition) is 0. The van der Waals surface area contributed by atoms with Gasteiger partial charge in [-0.15, -0.1) is 0 Å². The molecule has 322 valence electrons. The Balaban J connectivity index is 3.11. The van der Waals surface area contributed by atoms with Crippen LogP contribution in [0.1, 0.15) is 84.5 Å². The van der Waals surface area contributed by atoms with Gasteiger partial charge in [-0.25, -0.2) is 0 Å². The van der Waals surface area contributed by atoms with Crippen LogP contribution < -0.4 is 0 Å². The average Bonchev–Trinajstić information content (AvgIpc) is 3.17. The number of carbonyl (C=O) groups excluding carboxylic acids is 2. The van der Waals surface area contributed by atoms with Crippen LogP contribution in [-0.4, -0.2) is 171 Å². The molecule has 0 saturated heterocycles. The Labute approximate surface area is 325 Å². The van der Waals surface area contributed by atoms with E-state index in [1.807, 2.05) is 0 Å². The predicted molar refractivity (Wildman–Crippen MR) is 203 cm³/mol. The van der Waals surface area contributed by atoms with Gasteiger partial charge < -0.3 is 61.6 Å². The molecule has 0 aliphatic carbocycles. The maximum Gasteiger partial charge on any atom is 0.305 e. The van der Waals surface area contributed by atoms with Crippen molar-refractivity contribution in [3.05, 3.63) is 0 Å². The number of ether oxygens (including phenoxy) is 13. The molecule has 15 heteroatoms. The molecule has 0 amide bonds. The van der Waals surface area contributed by atoms with Gasteiger partial charge in [-0.2, -0.15) is 0 Å². The summed E-state index contributed by atoms with van der Waals surface area (Å²) < 4.78 is 70.4. The van der Waals surface area contributed by atoms with Crippen molar-refractivity contribution < 1.29 is 71.2 Å². The first kappa shape index (κ1) is 52.5. The molecule has 0 aliphatic rings. The van der Waals surface area contributed by atoms with Crippen LogP contribution in [0.5, 0.6) is 0 Å². The van der Waals surface area contributed by atoms with Crippen LogP contribution in [0.4, 0.5) is 0 Å². The maximum absolute atomic E-state index is 11.6. The number of esters is 2. The molecule has 0 bridgehead atoms. The molecule has 54 heavy (non-hydrogen) atoms.